The van der Waals surface area contributed by atoms with Crippen molar-refractivity contribution in [3.05, 3.63) is 40.6 Å². The Balaban J connectivity index is 1.74. The maximum atomic E-state index is 12.7. The van der Waals surface area contributed by atoms with Crippen molar-refractivity contribution >= 4 is 5.91 Å². The summed E-state index contributed by atoms with van der Waals surface area (Å²) in [5.74, 6) is 2.26. The Morgan fingerprint density at radius 1 is 1.37 bits per heavy atom. The van der Waals surface area contributed by atoms with E-state index in [1.807, 2.05) is 36.7 Å². The first kappa shape index (κ1) is 19.6. The van der Waals surface area contributed by atoms with Gasteiger partial charge in [0.15, 0.2) is 0 Å². The molecule has 7 heteroatoms. The van der Waals surface area contributed by atoms with Gasteiger partial charge >= 0.3 is 0 Å². The second-order valence-corrected chi connectivity index (χ2v) is 7.37. The topological polar surface area (TPSA) is 72.5 Å². The van der Waals surface area contributed by atoms with E-state index >= 15 is 0 Å². The molecule has 0 aromatic carbocycles. The van der Waals surface area contributed by atoms with Crippen LogP contribution in [0.4, 0.5) is 0 Å². The van der Waals surface area contributed by atoms with Crippen LogP contribution in [0, 0.1) is 26.7 Å². The molecular formula is C20H30N4O3. The average molecular weight is 374 g/mol. The molecule has 7 nitrogen and oxygen atoms in total. The summed E-state index contributed by atoms with van der Waals surface area (Å²) in [5, 5.41) is 7.92. The number of aryl methyl sites for hydroxylation is 3. The number of amides is 1. The molecule has 1 aliphatic rings. The predicted molar refractivity (Wildman–Crippen MR) is 102 cm³/mol. The SMILES string of the molecule is COCCN1C(=O)C[C@@H](CNCc2cc(C)oc2C)[C@@H]1c1cnn(C)c1C. The van der Waals surface area contributed by atoms with E-state index in [9.17, 15) is 4.79 Å². The molecule has 3 heterocycles. The summed E-state index contributed by atoms with van der Waals surface area (Å²) < 4.78 is 12.7. The molecule has 27 heavy (non-hydrogen) atoms. The second-order valence-electron chi connectivity index (χ2n) is 7.37. The van der Waals surface area contributed by atoms with E-state index in [4.69, 9.17) is 9.15 Å². The fourth-order valence-electron chi connectivity index (χ4n) is 3.98. The highest BCUT2D eigenvalue weighted by Crippen LogP contribution is 2.38. The highest BCUT2D eigenvalue weighted by molar-refractivity contribution is 5.79. The molecule has 1 N–H and O–H groups in total. The van der Waals surface area contributed by atoms with Crippen LogP contribution in [0.25, 0.3) is 0 Å². The molecule has 0 radical (unpaired) electrons. The zero-order chi connectivity index (χ0) is 19.6. The number of hydrogen-bond acceptors (Lipinski definition) is 5. The molecule has 0 saturated carbocycles. The lowest BCUT2D eigenvalue weighted by atomic mass is 9.93. The highest BCUT2D eigenvalue weighted by atomic mass is 16.5. The van der Waals surface area contributed by atoms with E-state index < -0.39 is 0 Å². The minimum Gasteiger partial charge on any atom is -0.466 e. The number of aromatic nitrogens is 2. The number of nitrogens with one attached hydrogen (secondary N) is 1. The van der Waals surface area contributed by atoms with Gasteiger partial charge in [0.25, 0.3) is 0 Å². The average Bonchev–Trinajstić information content (AvgIpc) is 3.23. The van der Waals surface area contributed by atoms with Crippen molar-refractivity contribution in [2.45, 2.75) is 39.8 Å². The third-order valence-corrected chi connectivity index (χ3v) is 5.53. The summed E-state index contributed by atoms with van der Waals surface area (Å²) in [4.78, 5) is 14.6. The molecule has 0 bridgehead atoms. The highest BCUT2D eigenvalue weighted by Gasteiger charge is 2.41. The summed E-state index contributed by atoms with van der Waals surface area (Å²) in [7, 11) is 3.60. The summed E-state index contributed by atoms with van der Waals surface area (Å²) in [5.41, 5.74) is 3.40. The number of carbonyl (C=O) groups excluding carboxylic acids is 1. The third kappa shape index (κ3) is 4.09. The smallest absolute Gasteiger partial charge is 0.223 e. The summed E-state index contributed by atoms with van der Waals surface area (Å²) in [6, 6.07) is 2.09. The standard InChI is InChI=1S/C20H30N4O3/c1-13-8-16(15(3)27-13)10-21-11-17-9-19(25)24(6-7-26-5)20(17)18-12-22-23(4)14(18)2/h8,12,17,20-21H,6-7,9-11H2,1-5H3/t17-,20+/m0/s1. The van der Waals surface area contributed by atoms with E-state index in [-0.39, 0.29) is 17.9 Å². The largest absolute Gasteiger partial charge is 0.466 e. The van der Waals surface area contributed by atoms with Gasteiger partial charge in [0.1, 0.15) is 11.5 Å². The molecule has 3 rings (SSSR count). The van der Waals surface area contributed by atoms with Crippen molar-refractivity contribution in [2.24, 2.45) is 13.0 Å². The van der Waals surface area contributed by atoms with Crippen LogP contribution < -0.4 is 5.32 Å². The molecule has 0 spiro atoms. The Kier molecular flexibility index (Phi) is 6.01. The Bertz CT molecular complexity index is 795. The lowest BCUT2D eigenvalue weighted by Crippen LogP contribution is -2.34. The Hall–Kier alpha value is -2.12. The maximum Gasteiger partial charge on any atom is 0.223 e. The molecule has 2 aromatic heterocycles. The van der Waals surface area contributed by atoms with E-state index in [1.54, 1.807) is 7.11 Å². The van der Waals surface area contributed by atoms with Crippen LogP contribution in [-0.2, 0) is 23.1 Å². The van der Waals surface area contributed by atoms with Gasteiger partial charge in [-0.2, -0.15) is 5.10 Å². The monoisotopic (exact) mass is 374 g/mol. The van der Waals surface area contributed by atoms with Gasteiger partial charge in [0.05, 0.1) is 18.8 Å². The van der Waals surface area contributed by atoms with E-state index in [2.05, 4.69) is 23.4 Å². The third-order valence-electron chi connectivity index (χ3n) is 5.53. The van der Waals surface area contributed by atoms with Gasteiger partial charge in [-0.15, -0.1) is 0 Å². The Labute approximate surface area is 160 Å². The first-order valence-corrected chi connectivity index (χ1v) is 9.46. The molecule has 1 amide bonds. The van der Waals surface area contributed by atoms with Crippen LogP contribution in [-0.4, -0.2) is 47.4 Å². The minimum atomic E-state index is 0.0287. The van der Waals surface area contributed by atoms with Crippen molar-refractivity contribution in [2.75, 3.05) is 26.8 Å². The minimum absolute atomic E-state index is 0.0287. The van der Waals surface area contributed by atoms with Gasteiger partial charge in [-0.05, 0) is 26.8 Å². The fourth-order valence-corrected chi connectivity index (χ4v) is 3.98. The van der Waals surface area contributed by atoms with Crippen LogP contribution in [0.1, 0.15) is 40.8 Å². The Morgan fingerprint density at radius 2 is 2.15 bits per heavy atom. The quantitative estimate of drug-likeness (QED) is 0.767. The normalized spacial score (nSPS) is 20.0. The lowest BCUT2D eigenvalue weighted by molar-refractivity contribution is -0.129. The van der Waals surface area contributed by atoms with Crippen molar-refractivity contribution in [1.82, 2.24) is 20.0 Å². The van der Waals surface area contributed by atoms with E-state index in [1.165, 1.54) is 5.56 Å². The van der Waals surface area contributed by atoms with Crippen molar-refractivity contribution in [3.8, 4) is 0 Å². The first-order valence-electron chi connectivity index (χ1n) is 9.46. The molecule has 2 aromatic rings. The van der Waals surface area contributed by atoms with Crippen molar-refractivity contribution < 1.29 is 13.9 Å². The van der Waals surface area contributed by atoms with Gasteiger partial charge < -0.3 is 19.4 Å². The zero-order valence-corrected chi connectivity index (χ0v) is 16.9. The van der Waals surface area contributed by atoms with Crippen LogP contribution in [0.3, 0.4) is 0 Å². The van der Waals surface area contributed by atoms with Gasteiger partial charge in [0, 0.05) is 63.0 Å². The number of methoxy groups -OCH3 is 1. The molecule has 2 atom stereocenters. The number of hydrogen-bond donors (Lipinski definition) is 1. The molecule has 0 aliphatic carbocycles. The van der Waals surface area contributed by atoms with Gasteiger partial charge in [-0.25, -0.2) is 0 Å². The van der Waals surface area contributed by atoms with Crippen LogP contribution >= 0.6 is 0 Å². The van der Waals surface area contributed by atoms with Crippen molar-refractivity contribution in [1.29, 1.82) is 0 Å². The fraction of sp³-hybridized carbons (Fsp3) is 0.600. The van der Waals surface area contributed by atoms with Gasteiger partial charge in [-0.3, -0.25) is 9.48 Å². The Morgan fingerprint density at radius 3 is 2.74 bits per heavy atom. The molecular weight excluding hydrogens is 344 g/mol. The second kappa shape index (κ2) is 8.27. The number of carbonyl (C=O) groups is 1. The summed E-state index contributed by atoms with van der Waals surface area (Å²) in [6.45, 7) is 8.64. The maximum absolute atomic E-state index is 12.7. The lowest BCUT2D eigenvalue weighted by Gasteiger charge is -2.28. The number of likely N-dealkylation sites (tertiary alicyclic amines) is 1. The van der Waals surface area contributed by atoms with Crippen LogP contribution in [0.5, 0.6) is 0 Å². The predicted octanol–water partition coefficient (Wildman–Crippen LogP) is 2.26. The van der Waals surface area contributed by atoms with Crippen LogP contribution in [0.15, 0.2) is 16.7 Å². The molecule has 1 saturated heterocycles. The summed E-state index contributed by atoms with van der Waals surface area (Å²) >= 11 is 0. The van der Waals surface area contributed by atoms with E-state index in [0.29, 0.717) is 19.6 Å². The molecule has 1 aliphatic heterocycles. The number of ether oxygens (including phenoxy) is 1. The first-order chi connectivity index (χ1) is 12.9. The van der Waals surface area contributed by atoms with Gasteiger partial charge in [-0.1, -0.05) is 0 Å². The molecule has 1 fully saturated rings. The number of furan rings is 1. The molecule has 148 valence electrons. The zero-order valence-electron chi connectivity index (χ0n) is 16.9. The van der Waals surface area contributed by atoms with Gasteiger partial charge in [0.2, 0.25) is 5.91 Å². The molecule has 0 unspecified atom stereocenters. The van der Waals surface area contributed by atoms with Crippen molar-refractivity contribution in [3.63, 3.8) is 0 Å². The number of rotatable bonds is 8. The number of nitrogens with zero attached hydrogens (tertiary/aromatic N) is 3. The van der Waals surface area contributed by atoms with E-state index in [0.717, 1.165) is 35.9 Å². The van der Waals surface area contributed by atoms with Crippen LogP contribution in [0.2, 0.25) is 0 Å². The summed E-state index contributed by atoms with van der Waals surface area (Å²) in [6.07, 6.45) is 2.44.